The monoisotopic (exact) mass is 346 g/mol. The molecule has 1 aromatic heterocycles. The van der Waals surface area contributed by atoms with Crippen molar-refractivity contribution < 1.29 is 14.1 Å². The Bertz CT molecular complexity index is 731. The molecule has 0 N–H and O–H groups in total. The molecule has 0 fully saturated rings. The van der Waals surface area contributed by atoms with Gasteiger partial charge >= 0.3 is 5.97 Å². The molecule has 0 aliphatic rings. The summed E-state index contributed by atoms with van der Waals surface area (Å²) in [6.45, 7) is 3.84. The second kappa shape index (κ2) is 8.06. The normalized spacial score (nSPS) is 11.5. The van der Waals surface area contributed by atoms with Crippen LogP contribution in [0.15, 0.2) is 39.9 Å². The number of ether oxygens (including phenoxy) is 1. The number of nitrogens with zero attached hydrogens (tertiary/aromatic N) is 2. The van der Waals surface area contributed by atoms with Gasteiger partial charge in [-0.25, -0.2) is 4.79 Å². The average Bonchev–Trinajstić information content (AvgIpc) is 2.88. The molecule has 0 aliphatic carbocycles. The van der Waals surface area contributed by atoms with Crippen LogP contribution >= 0.6 is 11.8 Å². The molecule has 1 heterocycles. The SMILES string of the molecule is COC(=O)C(=CN(C)C)c1ccccc1SCc1c(C)noc1C. The molecule has 2 aromatic rings. The second-order valence-electron chi connectivity index (χ2n) is 5.59. The van der Waals surface area contributed by atoms with Gasteiger partial charge in [0.15, 0.2) is 0 Å². The van der Waals surface area contributed by atoms with E-state index in [-0.39, 0.29) is 5.97 Å². The fraction of sp³-hybridized carbons (Fsp3) is 0.333. The van der Waals surface area contributed by atoms with Crippen molar-refractivity contribution in [1.29, 1.82) is 0 Å². The molecule has 0 saturated heterocycles. The van der Waals surface area contributed by atoms with E-state index in [1.807, 2.05) is 57.1 Å². The van der Waals surface area contributed by atoms with Crippen LogP contribution in [0.4, 0.5) is 0 Å². The summed E-state index contributed by atoms with van der Waals surface area (Å²) in [6.07, 6.45) is 1.78. The maximum absolute atomic E-state index is 12.2. The number of carbonyl (C=O) groups excluding carboxylic acids is 1. The van der Waals surface area contributed by atoms with Crippen molar-refractivity contribution in [2.24, 2.45) is 0 Å². The molecule has 0 amide bonds. The molecular weight excluding hydrogens is 324 g/mol. The summed E-state index contributed by atoms with van der Waals surface area (Å²) in [7, 11) is 5.15. The zero-order valence-corrected chi connectivity index (χ0v) is 15.4. The van der Waals surface area contributed by atoms with Crippen molar-refractivity contribution in [1.82, 2.24) is 10.1 Å². The molecule has 0 saturated carbocycles. The number of hydrogen-bond acceptors (Lipinski definition) is 6. The zero-order chi connectivity index (χ0) is 17.7. The smallest absolute Gasteiger partial charge is 0.339 e. The van der Waals surface area contributed by atoms with Crippen molar-refractivity contribution in [3.05, 3.63) is 53.0 Å². The van der Waals surface area contributed by atoms with E-state index in [1.54, 1.807) is 18.0 Å². The lowest BCUT2D eigenvalue weighted by Gasteiger charge is -2.14. The molecule has 0 bridgehead atoms. The minimum atomic E-state index is -0.353. The predicted octanol–water partition coefficient (Wildman–Crippen LogP) is 3.66. The van der Waals surface area contributed by atoms with Crippen LogP contribution in [0.3, 0.4) is 0 Å². The molecule has 2 rings (SSSR count). The first-order valence-electron chi connectivity index (χ1n) is 7.54. The highest BCUT2D eigenvalue weighted by Crippen LogP contribution is 2.32. The maximum Gasteiger partial charge on any atom is 0.339 e. The maximum atomic E-state index is 12.2. The lowest BCUT2D eigenvalue weighted by atomic mass is 10.1. The van der Waals surface area contributed by atoms with Crippen LogP contribution in [0.1, 0.15) is 22.6 Å². The number of aromatic nitrogens is 1. The van der Waals surface area contributed by atoms with E-state index in [2.05, 4.69) is 5.16 Å². The molecule has 128 valence electrons. The van der Waals surface area contributed by atoms with Crippen LogP contribution in [0, 0.1) is 13.8 Å². The summed E-state index contributed by atoms with van der Waals surface area (Å²) in [6, 6.07) is 7.82. The van der Waals surface area contributed by atoms with Crippen molar-refractivity contribution in [3.63, 3.8) is 0 Å². The molecule has 0 spiro atoms. The highest BCUT2D eigenvalue weighted by molar-refractivity contribution is 7.98. The highest BCUT2D eigenvalue weighted by Gasteiger charge is 2.18. The Kier molecular flexibility index (Phi) is 6.09. The third-order valence-electron chi connectivity index (χ3n) is 3.52. The molecule has 0 unspecified atom stereocenters. The summed E-state index contributed by atoms with van der Waals surface area (Å²) < 4.78 is 10.2. The molecule has 0 radical (unpaired) electrons. The minimum Gasteiger partial charge on any atom is -0.465 e. The van der Waals surface area contributed by atoms with Gasteiger partial charge in [0, 0.05) is 42.1 Å². The van der Waals surface area contributed by atoms with E-state index in [9.17, 15) is 4.79 Å². The van der Waals surface area contributed by atoms with Gasteiger partial charge < -0.3 is 14.2 Å². The Morgan fingerprint density at radius 3 is 2.62 bits per heavy atom. The molecule has 0 atom stereocenters. The van der Waals surface area contributed by atoms with E-state index in [1.165, 1.54) is 7.11 Å². The first-order valence-corrected chi connectivity index (χ1v) is 8.53. The first-order chi connectivity index (χ1) is 11.4. The number of hydrogen-bond donors (Lipinski definition) is 0. The van der Waals surface area contributed by atoms with Gasteiger partial charge in [-0.2, -0.15) is 0 Å². The minimum absolute atomic E-state index is 0.353. The van der Waals surface area contributed by atoms with Crippen LogP contribution in [-0.4, -0.2) is 37.2 Å². The number of aryl methyl sites for hydroxylation is 2. The third-order valence-corrected chi connectivity index (χ3v) is 4.62. The van der Waals surface area contributed by atoms with Crippen LogP contribution in [0.2, 0.25) is 0 Å². The summed E-state index contributed by atoms with van der Waals surface area (Å²) in [5.41, 5.74) is 3.37. The Morgan fingerprint density at radius 1 is 1.33 bits per heavy atom. The van der Waals surface area contributed by atoms with Gasteiger partial charge in [-0.15, -0.1) is 11.8 Å². The number of benzene rings is 1. The molecule has 0 aliphatic heterocycles. The second-order valence-corrected chi connectivity index (χ2v) is 6.60. The summed E-state index contributed by atoms with van der Waals surface area (Å²) in [5.74, 6) is 1.21. The van der Waals surface area contributed by atoms with Gasteiger partial charge in [-0.3, -0.25) is 0 Å². The zero-order valence-electron chi connectivity index (χ0n) is 14.6. The van der Waals surface area contributed by atoms with E-state index in [4.69, 9.17) is 9.26 Å². The van der Waals surface area contributed by atoms with E-state index in [0.717, 1.165) is 33.2 Å². The van der Waals surface area contributed by atoms with Crippen molar-refractivity contribution in [2.75, 3.05) is 21.2 Å². The third kappa shape index (κ3) is 4.20. The quantitative estimate of drug-likeness (QED) is 0.452. The largest absolute Gasteiger partial charge is 0.465 e. The highest BCUT2D eigenvalue weighted by atomic mass is 32.2. The van der Waals surface area contributed by atoms with Crippen LogP contribution in [0.25, 0.3) is 5.57 Å². The lowest BCUT2D eigenvalue weighted by Crippen LogP contribution is -2.10. The van der Waals surface area contributed by atoms with E-state index in [0.29, 0.717) is 5.57 Å². The van der Waals surface area contributed by atoms with E-state index >= 15 is 0 Å². The number of carbonyl (C=O) groups is 1. The molecule has 5 nitrogen and oxygen atoms in total. The first kappa shape index (κ1) is 18.1. The molecular formula is C18H22N2O3S. The van der Waals surface area contributed by atoms with Crippen molar-refractivity contribution in [3.8, 4) is 0 Å². The molecule has 1 aromatic carbocycles. The fourth-order valence-electron chi connectivity index (χ4n) is 2.27. The lowest BCUT2D eigenvalue weighted by molar-refractivity contribution is -0.133. The van der Waals surface area contributed by atoms with Gasteiger partial charge in [0.25, 0.3) is 0 Å². The summed E-state index contributed by atoms with van der Waals surface area (Å²) in [5, 5.41) is 3.99. The van der Waals surface area contributed by atoms with Gasteiger partial charge in [0.05, 0.1) is 18.4 Å². The van der Waals surface area contributed by atoms with Crippen molar-refractivity contribution in [2.45, 2.75) is 24.5 Å². The number of esters is 1. The van der Waals surface area contributed by atoms with Gasteiger partial charge in [0.1, 0.15) is 5.76 Å². The Balaban J connectivity index is 2.34. The number of rotatable bonds is 6. The van der Waals surface area contributed by atoms with Crippen LogP contribution < -0.4 is 0 Å². The number of thioether (sulfide) groups is 1. The Labute approximate surface area is 146 Å². The fourth-order valence-corrected chi connectivity index (χ4v) is 3.49. The van der Waals surface area contributed by atoms with Gasteiger partial charge in [-0.1, -0.05) is 23.4 Å². The van der Waals surface area contributed by atoms with Crippen LogP contribution in [-0.2, 0) is 15.3 Å². The van der Waals surface area contributed by atoms with Gasteiger partial charge in [-0.05, 0) is 19.9 Å². The van der Waals surface area contributed by atoms with Crippen molar-refractivity contribution >= 4 is 23.3 Å². The van der Waals surface area contributed by atoms with Crippen LogP contribution in [0.5, 0.6) is 0 Å². The van der Waals surface area contributed by atoms with Gasteiger partial charge in [0.2, 0.25) is 0 Å². The summed E-state index contributed by atoms with van der Waals surface area (Å²) >= 11 is 1.65. The average molecular weight is 346 g/mol. The predicted molar refractivity (Wildman–Crippen MR) is 95.7 cm³/mol. The standard InChI is InChI=1S/C18H22N2O3S/c1-12-16(13(2)23-19-12)11-24-17-9-7-6-8-14(17)15(10-20(3)4)18(21)22-5/h6-10H,11H2,1-5H3. The van der Waals surface area contributed by atoms with E-state index < -0.39 is 0 Å². The Hall–Kier alpha value is -2.21. The topological polar surface area (TPSA) is 55.6 Å². The molecule has 24 heavy (non-hydrogen) atoms. The Morgan fingerprint density at radius 2 is 2.04 bits per heavy atom. The molecule has 6 heteroatoms. The number of methoxy groups -OCH3 is 1. The summed E-state index contributed by atoms with van der Waals surface area (Å²) in [4.78, 5) is 15.0.